The molecule has 3 unspecified atom stereocenters. The van der Waals surface area contributed by atoms with Gasteiger partial charge in [-0.15, -0.1) is 0 Å². The van der Waals surface area contributed by atoms with E-state index in [4.69, 9.17) is 11.6 Å². The third kappa shape index (κ3) is 2.73. The van der Waals surface area contributed by atoms with Crippen LogP contribution in [0.2, 0.25) is 5.02 Å². The second-order valence-electron chi connectivity index (χ2n) is 5.99. The fourth-order valence-corrected chi connectivity index (χ4v) is 3.86. The van der Waals surface area contributed by atoms with Crippen LogP contribution in [0.3, 0.4) is 0 Å². The average molecular weight is 291 g/mol. The van der Waals surface area contributed by atoms with Gasteiger partial charge in [-0.1, -0.05) is 24.1 Å². The number of hydrogen-bond acceptors (Lipinski definition) is 2. The molecule has 0 heterocycles. The first-order chi connectivity index (χ1) is 9.63. The zero-order valence-corrected chi connectivity index (χ0v) is 12.4. The van der Waals surface area contributed by atoms with E-state index in [0.717, 1.165) is 17.5 Å². The Hall–Kier alpha value is -1.35. The van der Waals surface area contributed by atoms with Gasteiger partial charge >= 0.3 is 0 Å². The Morgan fingerprint density at radius 2 is 2.20 bits per heavy atom. The molecular weight excluding hydrogens is 272 g/mol. The fraction of sp³-hybridized carbons (Fsp3) is 0.500. The number of amides is 1. The Labute approximate surface area is 124 Å². The van der Waals surface area contributed by atoms with Crippen LogP contribution in [0.25, 0.3) is 0 Å². The second-order valence-corrected chi connectivity index (χ2v) is 6.42. The molecule has 3 atom stereocenters. The zero-order valence-electron chi connectivity index (χ0n) is 11.6. The number of halogens is 1. The summed E-state index contributed by atoms with van der Waals surface area (Å²) in [6.45, 7) is 2.03. The van der Waals surface area contributed by atoms with Crippen LogP contribution >= 0.6 is 11.6 Å². The predicted molar refractivity (Wildman–Crippen MR) is 81.0 cm³/mol. The molecule has 2 fully saturated rings. The van der Waals surface area contributed by atoms with E-state index in [2.05, 4.69) is 10.5 Å². The molecule has 106 valence electrons. The van der Waals surface area contributed by atoms with Crippen molar-refractivity contribution in [2.24, 2.45) is 22.9 Å². The van der Waals surface area contributed by atoms with E-state index in [-0.39, 0.29) is 5.91 Å². The molecular formula is C16H19ClN2O. The number of benzene rings is 1. The summed E-state index contributed by atoms with van der Waals surface area (Å²) < 4.78 is 0. The molecule has 1 aromatic carbocycles. The number of carbonyl (C=O) groups is 1. The monoisotopic (exact) mass is 290 g/mol. The summed E-state index contributed by atoms with van der Waals surface area (Å²) in [5, 5.41) is 4.87. The molecule has 0 spiro atoms. The van der Waals surface area contributed by atoms with Crippen molar-refractivity contribution in [1.82, 2.24) is 5.43 Å². The first-order valence-electron chi connectivity index (χ1n) is 7.23. The van der Waals surface area contributed by atoms with Gasteiger partial charge in [-0.05, 0) is 56.2 Å². The minimum atomic E-state index is -0.199. The summed E-state index contributed by atoms with van der Waals surface area (Å²) in [7, 11) is 0. The molecule has 2 bridgehead atoms. The van der Waals surface area contributed by atoms with Gasteiger partial charge in [-0.25, -0.2) is 5.43 Å². The molecule has 3 rings (SSSR count). The molecule has 1 N–H and O–H groups in total. The van der Waals surface area contributed by atoms with E-state index in [1.807, 2.05) is 6.92 Å². The van der Waals surface area contributed by atoms with E-state index in [0.29, 0.717) is 16.5 Å². The first-order valence-corrected chi connectivity index (χ1v) is 7.61. The Morgan fingerprint density at radius 1 is 1.35 bits per heavy atom. The first kappa shape index (κ1) is 13.6. The maximum Gasteiger partial charge on any atom is 0.271 e. The van der Waals surface area contributed by atoms with Crippen molar-refractivity contribution < 1.29 is 4.79 Å². The lowest BCUT2D eigenvalue weighted by molar-refractivity contribution is 0.0954. The lowest BCUT2D eigenvalue weighted by Crippen LogP contribution is -2.24. The van der Waals surface area contributed by atoms with Gasteiger partial charge in [0.25, 0.3) is 5.91 Å². The number of rotatable bonds is 3. The van der Waals surface area contributed by atoms with Crippen molar-refractivity contribution >= 4 is 23.2 Å². The lowest BCUT2D eigenvalue weighted by atomic mass is 9.86. The van der Waals surface area contributed by atoms with Crippen molar-refractivity contribution in [1.29, 1.82) is 0 Å². The highest BCUT2D eigenvalue weighted by Crippen LogP contribution is 2.48. The van der Waals surface area contributed by atoms with Crippen molar-refractivity contribution in [3.63, 3.8) is 0 Å². The van der Waals surface area contributed by atoms with Crippen LogP contribution in [0, 0.1) is 17.8 Å². The van der Waals surface area contributed by atoms with Gasteiger partial charge in [0, 0.05) is 22.2 Å². The Kier molecular flexibility index (Phi) is 3.79. The number of hydrazone groups is 1. The van der Waals surface area contributed by atoms with E-state index in [1.54, 1.807) is 24.3 Å². The number of hydrogen-bond donors (Lipinski definition) is 1. The Bertz CT molecular complexity index is 555. The standard InChI is InChI=1S/C16H19ClN2O/c1-10(15-8-11-5-6-12(15)7-11)18-19-16(20)13-3-2-4-14(17)9-13/h2-4,9,11-12,15H,5-8H2,1H3,(H,19,20)/b18-10+. The van der Waals surface area contributed by atoms with Gasteiger partial charge in [-0.2, -0.15) is 5.10 Å². The SMILES string of the molecule is C/C(=N\NC(=O)c1cccc(Cl)c1)C1CC2CCC1C2. The molecule has 0 saturated heterocycles. The maximum absolute atomic E-state index is 12.0. The van der Waals surface area contributed by atoms with Crippen LogP contribution in [-0.4, -0.2) is 11.6 Å². The lowest BCUT2D eigenvalue weighted by Gasteiger charge is -2.21. The summed E-state index contributed by atoms with van der Waals surface area (Å²) in [6.07, 6.45) is 5.29. The predicted octanol–water partition coefficient (Wildman–Crippen LogP) is 3.88. The molecule has 1 aromatic rings. The van der Waals surface area contributed by atoms with Gasteiger partial charge < -0.3 is 0 Å². The zero-order chi connectivity index (χ0) is 14.1. The van der Waals surface area contributed by atoms with Gasteiger partial charge in [0.1, 0.15) is 0 Å². The molecule has 0 aromatic heterocycles. The third-order valence-electron chi connectivity index (χ3n) is 4.70. The molecule has 1 amide bonds. The van der Waals surface area contributed by atoms with Gasteiger partial charge in [-0.3, -0.25) is 4.79 Å². The summed E-state index contributed by atoms with van der Waals surface area (Å²) in [5.74, 6) is 2.04. The van der Waals surface area contributed by atoms with Gasteiger partial charge in [0.2, 0.25) is 0 Å². The van der Waals surface area contributed by atoms with Crippen LogP contribution in [0.5, 0.6) is 0 Å². The quantitative estimate of drug-likeness (QED) is 0.666. The minimum Gasteiger partial charge on any atom is -0.267 e. The Balaban J connectivity index is 1.63. The number of carbonyl (C=O) groups excluding carboxylic acids is 1. The summed E-state index contributed by atoms with van der Waals surface area (Å²) in [5.41, 5.74) is 4.26. The highest BCUT2D eigenvalue weighted by molar-refractivity contribution is 6.30. The molecule has 2 saturated carbocycles. The van der Waals surface area contributed by atoms with Crippen molar-refractivity contribution in [2.45, 2.75) is 32.6 Å². The van der Waals surface area contributed by atoms with Crippen LogP contribution in [0.15, 0.2) is 29.4 Å². The van der Waals surface area contributed by atoms with Crippen LogP contribution in [0.4, 0.5) is 0 Å². The normalized spacial score (nSPS) is 28.7. The minimum absolute atomic E-state index is 0.199. The highest BCUT2D eigenvalue weighted by atomic mass is 35.5. The smallest absolute Gasteiger partial charge is 0.267 e. The highest BCUT2D eigenvalue weighted by Gasteiger charge is 2.40. The van der Waals surface area contributed by atoms with Crippen LogP contribution in [-0.2, 0) is 0 Å². The Morgan fingerprint density at radius 3 is 2.85 bits per heavy atom. The van der Waals surface area contributed by atoms with E-state index < -0.39 is 0 Å². The maximum atomic E-state index is 12.0. The third-order valence-corrected chi connectivity index (χ3v) is 4.93. The number of nitrogens with zero attached hydrogens (tertiary/aromatic N) is 1. The largest absolute Gasteiger partial charge is 0.271 e. The molecule has 20 heavy (non-hydrogen) atoms. The average Bonchev–Trinajstić information content (AvgIpc) is 3.07. The molecule has 0 radical (unpaired) electrons. The summed E-state index contributed by atoms with van der Waals surface area (Å²) in [4.78, 5) is 12.0. The van der Waals surface area contributed by atoms with E-state index in [1.165, 1.54) is 25.7 Å². The van der Waals surface area contributed by atoms with Crippen LogP contribution < -0.4 is 5.43 Å². The summed E-state index contributed by atoms with van der Waals surface area (Å²) in [6, 6.07) is 6.91. The van der Waals surface area contributed by atoms with Crippen molar-refractivity contribution in [3.05, 3.63) is 34.9 Å². The number of fused-ring (bicyclic) bond motifs is 2. The van der Waals surface area contributed by atoms with Gasteiger partial charge in [0.05, 0.1) is 0 Å². The molecule has 4 heteroatoms. The summed E-state index contributed by atoms with van der Waals surface area (Å²) >= 11 is 5.88. The number of nitrogens with one attached hydrogen (secondary N) is 1. The second kappa shape index (κ2) is 5.57. The van der Waals surface area contributed by atoms with Crippen molar-refractivity contribution in [2.75, 3.05) is 0 Å². The van der Waals surface area contributed by atoms with Gasteiger partial charge in [0.15, 0.2) is 0 Å². The van der Waals surface area contributed by atoms with E-state index >= 15 is 0 Å². The molecule has 0 aliphatic heterocycles. The van der Waals surface area contributed by atoms with Crippen LogP contribution in [0.1, 0.15) is 43.0 Å². The van der Waals surface area contributed by atoms with Crippen molar-refractivity contribution in [3.8, 4) is 0 Å². The van der Waals surface area contributed by atoms with E-state index in [9.17, 15) is 4.79 Å². The fourth-order valence-electron chi connectivity index (χ4n) is 3.67. The topological polar surface area (TPSA) is 41.5 Å². The molecule has 2 aliphatic rings. The molecule has 3 nitrogen and oxygen atoms in total. The molecule has 2 aliphatic carbocycles.